The second-order valence-corrected chi connectivity index (χ2v) is 4.71. The lowest BCUT2D eigenvalue weighted by Crippen LogP contribution is -2.31. The van der Waals surface area contributed by atoms with Crippen LogP contribution in [0.1, 0.15) is 27.2 Å². The maximum atomic E-state index is 9.50. The summed E-state index contributed by atoms with van der Waals surface area (Å²) in [5.41, 5.74) is 0.273. The smallest absolute Gasteiger partial charge is 0.182 e. The molecule has 0 aromatic heterocycles. The summed E-state index contributed by atoms with van der Waals surface area (Å²) in [6.45, 7) is 7.61. The van der Waals surface area contributed by atoms with Gasteiger partial charge in [-0.05, 0) is 23.8 Å². The van der Waals surface area contributed by atoms with Gasteiger partial charge in [0.05, 0.1) is 0 Å². The maximum absolute atomic E-state index is 9.50. The summed E-state index contributed by atoms with van der Waals surface area (Å²) in [4.78, 5) is 1.89. The molecule has 1 unspecified atom stereocenters. The molecule has 0 fully saturated rings. The molecule has 1 heterocycles. The van der Waals surface area contributed by atoms with Crippen LogP contribution in [0, 0.1) is 11.3 Å². The minimum Gasteiger partial charge on any atom is -0.495 e. The van der Waals surface area contributed by atoms with Crippen LogP contribution in [-0.4, -0.2) is 23.6 Å². The third-order valence-electron chi connectivity index (χ3n) is 2.63. The summed E-state index contributed by atoms with van der Waals surface area (Å²) < 4.78 is 0. The van der Waals surface area contributed by atoms with Crippen LogP contribution in [0.25, 0.3) is 0 Å². The molecule has 70 valence electrons. The fourth-order valence-corrected chi connectivity index (χ4v) is 1.52. The molecular weight excluding hydrogens is 150 g/mol. The molecule has 0 saturated carbocycles. The normalized spacial score (nSPS) is 25.5. The van der Waals surface area contributed by atoms with E-state index < -0.39 is 0 Å². The van der Waals surface area contributed by atoms with E-state index in [0.29, 0.717) is 11.8 Å². The number of aliphatic hydroxyl groups is 1. The van der Waals surface area contributed by atoms with E-state index in [2.05, 4.69) is 20.8 Å². The van der Waals surface area contributed by atoms with E-state index in [1.807, 2.05) is 18.0 Å². The van der Waals surface area contributed by atoms with Crippen LogP contribution in [-0.2, 0) is 0 Å². The Labute approximate surface area is 74.9 Å². The van der Waals surface area contributed by atoms with Crippen molar-refractivity contribution in [3.63, 3.8) is 0 Å². The molecule has 0 aromatic carbocycles. The van der Waals surface area contributed by atoms with Crippen LogP contribution >= 0.6 is 0 Å². The second kappa shape index (κ2) is 3.00. The third-order valence-corrected chi connectivity index (χ3v) is 2.63. The lowest BCUT2D eigenvalue weighted by Gasteiger charge is -2.34. The molecule has 0 amide bonds. The van der Waals surface area contributed by atoms with Gasteiger partial charge in [0.25, 0.3) is 0 Å². The first-order valence-corrected chi connectivity index (χ1v) is 4.53. The Morgan fingerprint density at radius 3 is 2.50 bits per heavy atom. The first-order chi connectivity index (χ1) is 5.41. The lowest BCUT2D eigenvalue weighted by molar-refractivity contribution is 0.162. The van der Waals surface area contributed by atoms with Crippen molar-refractivity contribution in [3.8, 4) is 0 Å². The second-order valence-electron chi connectivity index (χ2n) is 4.71. The predicted molar refractivity (Wildman–Crippen MR) is 50.9 cm³/mol. The summed E-state index contributed by atoms with van der Waals surface area (Å²) in [7, 11) is 1.92. The first-order valence-electron chi connectivity index (χ1n) is 4.53. The summed E-state index contributed by atoms with van der Waals surface area (Å²) in [6, 6.07) is 0. The maximum Gasteiger partial charge on any atom is 0.182 e. The van der Waals surface area contributed by atoms with E-state index in [1.54, 1.807) is 0 Å². The molecule has 2 nitrogen and oxygen atoms in total. The SMILES string of the molecule is CN1CCC(C(C)(C)C)C=C1O. The number of hydrogen-bond donors (Lipinski definition) is 1. The zero-order chi connectivity index (χ0) is 9.35. The van der Waals surface area contributed by atoms with Crippen molar-refractivity contribution < 1.29 is 5.11 Å². The van der Waals surface area contributed by atoms with Crippen LogP contribution in [0.5, 0.6) is 0 Å². The fourth-order valence-electron chi connectivity index (χ4n) is 1.52. The number of hydrogen-bond acceptors (Lipinski definition) is 2. The van der Waals surface area contributed by atoms with Gasteiger partial charge in [0.2, 0.25) is 0 Å². The average molecular weight is 169 g/mol. The van der Waals surface area contributed by atoms with E-state index >= 15 is 0 Å². The van der Waals surface area contributed by atoms with E-state index in [-0.39, 0.29) is 5.41 Å². The van der Waals surface area contributed by atoms with Gasteiger partial charge in [0.1, 0.15) is 0 Å². The summed E-state index contributed by atoms with van der Waals surface area (Å²) in [5.74, 6) is 0.940. The van der Waals surface area contributed by atoms with Crippen molar-refractivity contribution >= 4 is 0 Å². The highest BCUT2D eigenvalue weighted by Gasteiger charge is 2.26. The molecule has 0 aliphatic carbocycles. The zero-order valence-electron chi connectivity index (χ0n) is 8.46. The molecule has 12 heavy (non-hydrogen) atoms. The fraction of sp³-hybridized carbons (Fsp3) is 0.800. The summed E-state index contributed by atoms with van der Waals surface area (Å²) in [6.07, 6.45) is 3.12. The van der Waals surface area contributed by atoms with Crippen molar-refractivity contribution in [1.82, 2.24) is 4.90 Å². The topological polar surface area (TPSA) is 23.5 Å². The monoisotopic (exact) mass is 169 g/mol. The first kappa shape index (κ1) is 9.43. The molecule has 0 spiro atoms. The predicted octanol–water partition coefficient (Wildman–Crippen LogP) is 2.38. The van der Waals surface area contributed by atoms with Gasteiger partial charge in [-0.15, -0.1) is 0 Å². The van der Waals surface area contributed by atoms with Crippen LogP contribution in [0.3, 0.4) is 0 Å². The molecule has 1 N–H and O–H groups in total. The van der Waals surface area contributed by atoms with Crippen molar-refractivity contribution in [2.24, 2.45) is 11.3 Å². The Morgan fingerprint density at radius 2 is 2.08 bits per heavy atom. The van der Waals surface area contributed by atoms with E-state index in [4.69, 9.17) is 0 Å². The third kappa shape index (κ3) is 1.93. The van der Waals surface area contributed by atoms with Gasteiger partial charge in [0, 0.05) is 13.6 Å². The van der Waals surface area contributed by atoms with Crippen LogP contribution in [0.15, 0.2) is 12.0 Å². The minimum atomic E-state index is 0.273. The van der Waals surface area contributed by atoms with Crippen LogP contribution in [0.2, 0.25) is 0 Å². The van der Waals surface area contributed by atoms with Crippen molar-refractivity contribution in [2.45, 2.75) is 27.2 Å². The Kier molecular flexibility index (Phi) is 2.36. The molecule has 0 radical (unpaired) electrons. The number of aliphatic hydroxyl groups excluding tert-OH is 1. The number of nitrogens with zero attached hydrogens (tertiary/aromatic N) is 1. The molecule has 0 aromatic rings. The van der Waals surface area contributed by atoms with Crippen molar-refractivity contribution in [2.75, 3.05) is 13.6 Å². The Morgan fingerprint density at radius 1 is 1.50 bits per heavy atom. The number of rotatable bonds is 0. The molecule has 1 rings (SSSR count). The van der Waals surface area contributed by atoms with Crippen LogP contribution < -0.4 is 0 Å². The molecule has 1 atom stereocenters. The quantitative estimate of drug-likeness (QED) is 0.602. The Hall–Kier alpha value is -0.660. The van der Waals surface area contributed by atoms with Gasteiger partial charge in [-0.2, -0.15) is 0 Å². The highest BCUT2D eigenvalue weighted by atomic mass is 16.3. The lowest BCUT2D eigenvalue weighted by atomic mass is 9.77. The van der Waals surface area contributed by atoms with E-state index in [9.17, 15) is 5.11 Å². The zero-order valence-corrected chi connectivity index (χ0v) is 8.46. The largest absolute Gasteiger partial charge is 0.495 e. The minimum absolute atomic E-state index is 0.273. The molecule has 0 saturated heterocycles. The molecular formula is C10H19NO. The Bertz CT molecular complexity index is 191. The van der Waals surface area contributed by atoms with E-state index in [1.165, 1.54) is 0 Å². The molecule has 1 aliphatic heterocycles. The molecule has 0 bridgehead atoms. The van der Waals surface area contributed by atoms with Gasteiger partial charge in [-0.1, -0.05) is 20.8 Å². The van der Waals surface area contributed by atoms with Gasteiger partial charge in [-0.25, -0.2) is 0 Å². The Balaban J connectivity index is 2.73. The summed E-state index contributed by atoms with van der Waals surface area (Å²) >= 11 is 0. The molecule has 2 heteroatoms. The standard InChI is InChI=1S/C10H19NO/c1-10(2,3)8-5-6-11(4)9(12)7-8/h7-8,12H,5-6H2,1-4H3. The highest BCUT2D eigenvalue weighted by molar-refractivity contribution is 5.02. The summed E-state index contributed by atoms with van der Waals surface area (Å²) in [5, 5.41) is 9.50. The van der Waals surface area contributed by atoms with Crippen molar-refractivity contribution in [1.29, 1.82) is 0 Å². The average Bonchev–Trinajstić information content (AvgIpc) is 1.92. The van der Waals surface area contributed by atoms with Crippen LogP contribution in [0.4, 0.5) is 0 Å². The van der Waals surface area contributed by atoms with E-state index in [0.717, 1.165) is 13.0 Å². The van der Waals surface area contributed by atoms with Crippen molar-refractivity contribution in [3.05, 3.63) is 12.0 Å². The van der Waals surface area contributed by atoms with Gasteiger partial charge >= 0.3 is 0 Å². The van der Waals surface area contributed by atoms with Gasteiger partial charge in [-0.3, -0.25) is 0 Å². The van der Waals surface area contributed by atoms with Gasteiger partial charge in [0.15, 0.2) is 5.88 Å². The highest BCUT2D eigenvalue weighted by Crippen LogP contribution is 2.33. The van der Waals surface area contributed by atoms with Gasteiger partial charge < -0.3 is 10.0 Å². The molecule has 1 aliphatic rings. The number of allylic oxidation sites excluding steroid dienone is 1.